The molecule has 19 heavy (non-hydrogen) atoms. The number of likely N-dealkylation sites (tertiary alicyclic amines) is 2. The zero-order valence-corrected chi connectivity index (χ0v) is 12.7. The molecule has 2 saturated heterocycles. The number of carbonyl (C=O) groups is 1. The van der Waals surface area contributed by atoms with Crippen LogP contribution in [0.4, 0.5) is 0 Å². The molecule has 0 aromatic rings. The van der Waals surface area contributed by atoms with Crippen LogP contribution in [0.25, 0.3) is 0 Å². The van der Waals surface area contributed by atoms with Crippen LogP contribution in [0.1, 0.15) is 39.5 Å². The van der Waals surface area contributed by atoms with Crippen molar-refractivity contribution in [1.29, 1.82) is 0 Å². The summed E-state index contributed by atoms with van der Waals surface area (Å²) in [5.74, 6) is 1.06. The van der Waals surface area contributed by atoms with Gasteiger partial charge >= 0.3 is 0 Å². The van der Waals surface area contributed by atoms with Gasteiger partial charge in [-0.25, -0.2) is 0 Å². The average Bonchev–Trinajstić information content (AvgIpc) is 2.36. The van der Waals surface area contributed by atoms with Crippen molar-refractivity contribution in [2.24, 2.45) is 5.92 Å². The van der Waals surface area contributed by atoms with Gasteiger partial charge in [0.1, 0.15) is 0 Å². The standard InChI is InChI=1S/C15H29N3O/c1-12(2)10-18-8-6-13(7-9-18)16-14-4-5-15(19)17(3)11-14/h12-14,16H,4-11H2,1-3H3. The van der Waals surface area contributed by atoms with E-state index in [1.54, 1.807) is 0 Å². The molecule has 4 nitrogen and oxygen atoms in total. The van der Waals surface area contributed by atoms with Crippen LogP contribution in [0.5, 0.6) is 0 Å². The minimum atomic E-state index is 0.296. The van der Waals surface area contributed by atoms with E-state index < -0.39 is 0 Å². The predicted molar refractivity (Wildman–Crippen MR) is 78.1 cm³/mol. The summed E-state index contributed by atoms with van der Waals surface area (Å²) in [6.45, 7) is 9.13. The number of amides is 1. The lowest BCUT2D eigenvalue weighted by molar-refractivity contribution is -0.132. The number of piperidine rings is 2. The fourth-order valence-electron chi connectivity index (χ4n) is 3.28. The first kappa shape index (κ1) is 14.8. The third-order valence-electron chi connectivity index (χ3n) is 4.31. The molecule has 0 radical (unpaired) electrons. The Bertz CT molecular complexity index is 298. The fraction of sp³-hybridized carbons (Fsp3) is 0.933. The van der Waals surface area contributed by atoms with Gasteiger partial charge in [-0.05, 0) is 38.3 Å². The highest BCUT2D eigenvalue weighted by Gasteiger charge is 2.26. The molecule has 0 aromatic heterocycles. The van der Waals surface area contributed by atoms with Gasteiger partial charge in [0, 0.05) is 38.6 Å². The molecular formula is C15H29N3O. The summed E-state index contributed by atoms with van der Waals surface area (Å²) in [7, 11) is 1.92. The van der Waals surface area contributed by atoms with Gasteiger partial charge in [0.15, 0.2) is 0 Å². The second-order valence-electron chi connectivity index (χ2n) is 6.65. The maximum absolute atomic E-state index is 11.5. The number of carbonyl (C=O) groups excluding carboxylic acids is 1. The van der Waals surface area contributed by atoms with Gasteiger partial charge in [0.05, 0.1) is 0 Å². The summed E-state index contributed by atoms with van der Waals surface area (Å²) in [6, 6.07) is 1.15. The van der Waals surface area contributed by atoms with E-state index in [1.165, 1.54) is 32.5 Å². The summed E-state index contributed by atoms with van der Waals surface area (Å²) in [5.41, 5.74) is 0. The molecule has 2 fully saturated rings. The van der Waals surface area contributed by atoms with Gasteiger partial charge in [-0.3, -0.25) is 4.79 Å². The van der Waals surface area contributed by atoms with Gasteiger partial charge in [0.25, 0.3) is 0 Å². The lowest BCUT2D eigenvalue weighted by atomic mass is 9.99. The molecular weight excluding hydrogens is 238 g/mol. The molecule has 2 aliphatic rings. The first-order valence-electron chi connectivity index (χ1n) is 7.77. The maximum Gasteiger partial charge on any atom is 0.222 e. The molecule has 0 saturated carbocycles. The second-order valence-corrected chi connectivity index (χ2v) is 6.65. The highest BCUT2D eigenvalue weighted by molar-refractivity contribution is 5.76. The Morgan fingerprint density at radius 3 is 2.47 bits per heavy atom. The Labute approximate surface area is 117 Å². The van der Waals surface area contributed by atoms with Gasteiger partial charge in [-0.15, -0.1) is 0 Å². The van der Waals surface area contributed by atoms with Crippen molar-refractivity contribution in [2.45, 2.75) is 51.6 Å². The van der Waals surface area contributed by atoms with Gasteiger partial charge in [-0.1, -0.05) is 13.8 Å². The minimum absolute atomic E-state index is 0.296. The first-order valence-corrected chi connectivity index (χ1v) is 7.77. The van der Waals surface area contributed by atoms with Crippen molar-refractivity contribution in [3.63, 3.8) is 0 Å². The summed E-state index contributed by atoms with van der Waals surface area (Å²) >= 11 is 0. The van der Waals surface area contributed by atoms with E-state index in [2.05, 4.69) is 24.1 Å². The normalized spacial score (nSPS) is 27.3. The Balaban J connectivity index is 1.69. The molecule has 0 aliphatic carbocycles. The molecule has 1 atom stereocenters. The molecule has 0 aromatic carbocycles. The van der Waals surface area contributed by atoms with E-state index in [0.717, 1.165) is 18.9 Å². The molecule has 1 unspecified atom stereocenters. The SMILES string of the molecule is CC(C)CN1CCC(NC2CCC(=O)N(C)C2)CC1. The molecule has 2 aliphatic heterocycles. The first-order chi connectivity index (χ1) is 9.04. The van der Waals surface area contributed by atoms with Crippen molar-refractivity contribution in [3.05, 3.63) is 0 Å². The summed E-state index contributed by atoms with van der Waals surface area (Å²) < 4.78 is 0. The number of nitrogens with one attached hydrogen (secondary N) is 1. The molecule has 110 valence electrons. The van der Waals surface area contributed by atoms with E-state index in [-0.39, 0.29) is 0 Å². The van der Waals surface area contributed by atoms with E-state index in [4.69, 9.17) is 0 Å². The highest BCUT2D eigenvalue weighted by atomic mass is 16.2. The summed E-state index contributed by atoms with van der Waals surface area (Å²) in [6.07, 6.45) is 4.22. The quantitative estimate of drug-likeness (QED) is 0.834. The van der Waals surface area contributed by atoms with Crippen LogP contribution in [0.15, 0.2) is 0 Å². The number of hydrogen-bond acceptors (Lipinski definition) is 3. The summed E-state index contributed by atoms with van der Waals surface area (Å²) in [5, 5.41) is 3.76. The maximum atomic E-state index is 11.5. The van der Waals surface area contributed by atoms with E-state index in [9.17, 15) is 4.79 Å². The Kier molecular flexibility index (Phi) is 5.22. The second kappa shape index (κ2) is 6.71. The van der Waals surface area contributed by atoms with Gasteiger partial charge < -0.3 is 15.1 Å². The van der Waals surface area contributed by atoms with Crippen LogP contribution >= 0.6 is 0 Å². The van der Waals surface area contributed by atoms with Crippen LogP contribution in [0.3, 0.4) is 0 Å². The molecule has 0 spiro atoms. The summed E-state index contributed by atoms with van der Waals surface area (Å²) in [4.78, 5) is 15.9. The van der Waals surface area contributed by atoms with E-state index in [0.29, 0.717) is 24.4 Å². The smallest absolute Gasteiger partial charge is 0.222 e. The minimum Gasteiger partial charge on any atom is -0.344 e. The highest BCUT2D eigenvalue weighted by Crippen LogP contribution is 2.16. The number of rotatable bonds is 4. The van der Waals surface area contributed by atoms with Crippen molar-refractivity contribution < 1.29 is 4.79 Å². The van der Waals surface area contributed by atoms with Gasteiger partial charge in [-0.2, -0.15) is 0 Å². The van der Waals surface area contributed by atoms with Crippen LogP contribution in [-0.2, 0) is 4.79 Å². The van der Waals surface area contributed by atoms with Crippen molar-refractivity contribution >= 4 is 5.91 Å². The largest absolute Gasteiger partial charge is 0.344 e. The van der Waals surface area contributed by atoms with Gasteiger partial charge in [0.2, 0.25) is 5.91 Å². The van der Waals surface area contributed by atoms with Crippen LogP contribution in [0, 0.1) is 5.92 Å². The van der Waals surface area contributed by atoms with Crippen LogP contribution < -0.4 is 5.32 Å². The lowest BCUT2D eigenvalue weighted by Gasteiger charge is -2.37. The third kappa shape index (κ3) is 4.46. The van der Waals surface area contributed by atoms with Crippen LogP contribution in [0.2, 0.25) is 0 Å². The zero-order valence-electron chi connectivity index (χ0n) is 12.7. The average molecular weight is 267 g/mol. The van der Waals surface area contributed by atoms with Crippen LogP contribution in [-0.4, -0.2) is 61.0 Å². The molecule has 0 bridgehead atoms. The molecule has 4 heteroatoms. The predicted octanol–water partition coefficient (Wildman–Crippen LogP) is 1.32. The lowest BCUT2D eigenvalue weighted by Crippen LogP contribution is -2.52. The molecule has 2 rings (SSSR count). The Hall–Kier alpha value is -0.610. The Morgan fingerprint density at radius 2 is 1.89 bits per heavy atom. The number of hydrogen-bond donors (Lipinski definition) is 1. The zero-order chi connectivity index (χ0) is 13.8. The van der Waals surface area contributed by atoms with Crippen molar-refractivity contribution in [1.82, 2.24) is 15.1 Å². The van der Waals surface area contributed by atoms with Crippen molar-refractivity contribution in [2.75, 3.05) is 33.2 Å². The third-order valence-corrected chi connectivity index (χ3v) is 4.31. The topological polar surface area (TPSA) is 35.6 Å². The molecule has 1 amide bonds. The van der Waals surface area contributed by atoms with Crippen molar-refractivity contribution in [3.8, 4) is 0 Å². The molecule has 2 heterocycles. The Morgan fingerprint density at radius 1 is 1.21 bits per heavy atom. The number of nitrogens with zero attached hydrogens (tertiary/aromatic N) is 2. The molecule has 1 N–H and O–H groups in total. The number of likely N-dealkylation sites (N-methyl/N-ethyl adjacent to an activating group) is 1. The van der Waals surface area contributed by atoms with E-state index in [1.807, 2.05) is 11.9 Å². The van der Waals surface area contributed by atoms with E-state index >= 15 is 0 Å². The fourth-order valence-corrected chi connectivity index (χ4v) is 3.28. The monoisotopic (exact) mass is 267 g/mol.